The number of esters is 1. The molecule has 6 nitrogen and oxygen atoms in total. The standard InChI is InChI=1S/C7H10N4O2S/c1-6(12)13-4-3-5-14-7-8-9-10-11(7)2/h3-4H,5H2,1-2H3. The number of nitrogens with zero attached hydrogens (tertiary/aromatic N) is 4. The van der Waals surface area contributed by atoms with Crippen molar-refractivity contribution in [2.24, 2.45) is 7.05 Å². The zero-order valence-electron chi connectivity index (χ0n) is 7.88. The molecule has 0 unspecified atom stereocenters. The van der Waals surface area contributed by atoms with Crippen LogP contribution in [0, 0.1) is 0 Å². The highest BCUT2D eigenvalue weighted by molar-refractivity contribution is 7.99. The minimum absolute atomic E-state index is 0.327. The fourth-order valence-corrected chi connectivity index (χ4v) is 1.29. The molecule has 0 aliphatic carbocycles. The Kier molecular flexibility index (Phi) is 4.11. The van der Waals surface area contributed by atoms with Gasteiger partial charge in [0.05, 0.1) is 6.26 Å². The number of ether oxygens (including phenoxy) is 1. The van der Waals surface area contributed by atoms with Gasteiger partial charge >= 0.3 is 5.97 Å². The van der Waals surface area contributed by atoms with Gasteiger partial charge < -0.3 is 4.74 Å². The molecular formula is C7H10N4O2S. The topological polar surface area (TPSA) is 69.9 Å². The third-order valence-electron chi connectivity index (χ3n) is 1.22. The zero-order valence-corrected chi connectivity index (χ0v) is 8.69. The molecule has 0 radical (unpaired) electrons. The molecular weight excluding hydrogens is 204 g/mol. The quantitative estimate of drug-likeness (QED) is 0.410. The van der Waals surface area contributed by atoms with Crippen LogP contribution in [-0.2, 0) is 16.6 Å². The second kappa shape index (κ2) is 5.38. The van der Waals surface area contributed by atoms with Crippen LogP contribution in [-0.4, -0.2) is 31.9 Å². The Hall–Kier alpha value is -1.37. The zero-order chi connectivity index (χ0) is 10.4. The largest absolute Gasteiger partial charge is 0.435 e. The van der Waals surface area contributed by atoms with Crippen molar-refractivity contribution in [3.05, 3.63) is 12.3 Å². The van der Waals surface area contributed by atoms with Gasteiger partial charge in [0, 0.05) is 19.7 Å². The van der Waals surface area contributed by atoms with E-state index in [-0.39, 0.29) is 5.97 Å². The van der Waals surface area contributed by atoms with Gasteiger partial charge in [-0.15, -0.1) is 5.10 Å². The van der Waals surface area contributed by atoms with Crippen LogP contribution in [0.3, 0.4) is 0 Å². The van der Waals surface area contributed by atoms with Gasteiger partial charge in [0.1, 0.15) is 0 Å². The van der Waals surface area contributed by atoms with E-state index in [1.807, 2.05) is 0 Å². The number of rotatable bonds is 4. The van der Waals surface area contributed by atoms with Crippen molar-refractivity contribution in [1.29, 1.82) is 0 Å². The summed E-state index contributed by atoms with van der Waals surface area (Å²) >= 11 is 1.45. The molecule has 1 heterocycles. The summed E-state index contributed by atoms with van der Waals surface area (Å²) in [5, 5.41) is 11.6. The lowest BCUT2D eigenvalue weighted by molar-refractivity contribution is -0.135. The van der Waals surface area contributed by atoms with Crippen LogP contribution < -0.4 is 0 Å². The van der Waals surface area contributed by atoms with Crippen molar-refractivity contribution in [3.8, 4) is 0 Å². The summed E-state index contributed by atoms with van der Waals surface area (Å²) in [5.41, 5.74) is 0. The number of carbonyl (C=O) groups excluding carboxylic acids is 1. The molecule has 0 spiro atoms. The van der Waals surface area contributed by atoms with Gasteiger partial charge in [-0.1, -0.05) is 11.8 Å². The van der Waals surface area contributed by atoms with Gasteiger partial charge in [0.2, 0.25) is 5.16 Å². The Morgan fingerprint density at radius 1 is 1.71 bits per heavy atom. The molecule has 0 saturated heterocycles. The number of carbonyl (C=O) groups is 1. The number of thioether (sulfide) groups is 1. The second-order valence-corrected chi connectivity index (χ2v) is 3.36. The van der Waals surface area contributed by atoms with Crippen LogP contribution in [0.25, 0.3) is 0 Å². The van der Waals surface area contributed by atoms with Crippen molar-refractivity contribution < 1.29 is 9.53 Å². The normalized spacial score (nSPS) is 10.7. The van der Waals surface area contributed by atoms with Crippen LogP contribution in [0.4, 0.5) is 0 Å². The molecule has 0 aliphatic heterocycles. The number of tetrazole rings is 1. The van der Waals surface area contributed by atoms with Crippen molar-refractivity contribution in [2.75, 3.05) is 5.75 Å². The first-order valence-corrected chi connectivity index (χ1v) is 4.86. The maximum atomic E-state index is 10.4. The van der Waals surface area contributed by atoms with Gasteiger partial charge in [-0.2, -0.15) is 0 Å². The van der Waals surface area contributed by atoms with E-state index < -0.39 is 0 Å². The summed E-state index contributed by atoms with van der Waals surface area (Å²) in [6.45, 7) is 1.35. The van der Waals surface area contributed by atoms with E-state index in [9.17, 15) is 4.79 Å². The summed E-state index contributed by atoms with van der Waals surface area (Å²) < 4.78 is 6.17. The fraction of sp³-hybridized carbons (Fsp3) is 0.429. The number of hydrogen-bond donors (Lipinski definition) is 0. The monoisotopic (exact) mass is 214 g/mol. The molecule has 0 bridgehead atoms. The first-order chi connectivity index (χ1) is 6.70. The summed E-state index contributed by atoms with van der Waals surface area (Å²) in [6, 6.07) is 0. The van der Waals surface area contributed by atoms with Gasteiger partial charge in [-0.05, 0) is 16.5 Å². The third-order valence-corrected chi connectivity index (χ3v) is 2.18. The first kappa shape index (κ1) is 10.7. The average Bonchev–Trinajstić information content (AvgIpc) is 2.51. The summed E-state index contributed by atoms with van der Waals surface area (Å²) in [7, 11) is 1.76. The predicted molar refractivity (Wildman–Crippen MR) is 50.4 cm³/mol. The van der Waals surface area contributed by atoms with Crippen LogP contribution >= 0.6 is 11.8 Å². The highest BCUT2D eigenvalue weighted by Crippen LogP contribution is 2.11. The molecule has 7 heteroatoms. The predicted octanol–water partition coefficient (Wildman–Crippen LogP) is 0.379. The van der Waals surface area contributed by atoms with Crippen LogP contribution in [0.5, 0.6) is 0 Å². The lowest BCUT2D eigenvalue weighted by atomic mass is 10.7. The number of aryl methyl sites for hydroxylation is 1. The Bertz CT molecular complexity index is 336. The molecule has 1 aromatic heterocycles. The lowest BCUT2D eigenvalue weighted by Crippen LogP contribution is -1.93. The molecule has 76 valence electrons. The summed E-state index contributed by atoms with van der Waals surface area (Å²) in [6.07, 6.45) is 3.08. The molecule has 0 atom stereocenters. The fourth-order valence-electron chi connectivity index (χ4n) is 0.649. The van der Waals surface area contributed by atoms with Gasteiger partial charge in [-0.25, -0.2) is 4.68 Å². The molecule has 0 amide bonds. The molecule has 0 fully saturated rings. The van der Waals surface area contributed by atoms with E-state index in [0.29, 0.717) is 5.75 Å². The first-order valence-electron chi connectivity index (χ1n) is 3.87. The maximum absolute atomic E-state index is 10.4. The van der Waals surface area contributed by atoms with E-state index in [4.69, 9.17) is 0 Å². The number of aromatic nitrogens is 4. The molecule has 1 rings (SSSR count). The Balaban J connectivity index is 2.25. The van der Waals surface area contributed by atoms with Crippen LogP contribution in [0.1, 0.15) is 6.92 Å². The second-order valence-electron chi connectivity index (χ2n) is 2.38. The van der Waals surface area contributed by atoms with Crippen molar-refractivity contribution in [2.45, 2.75) is 12.1 Å². The highest BCUT2D eigenvalue weighted by Gasteiger charge is 1.99. The van der Waals surface area contributed by atoms with Crippen LogP contribution in [0.2, 0.25) is 0 Å². The molecule has 1 aromatic rings. The minimum atomic E-state index is -0.327. The number of hydrogen-bond acceptors (Lipinski definition) is 6. The van der Waals surface area contributed by atoms with Crippen molar-refractivity contribution in [1.82, 2.24) is 20.2 Å². The molecule has 0 aromatic carbocycles. The van der Waals surface area contributed by atoms with E-state index in [1.54, 1.807) is 17.8 Å². The van der Waals surface area contributed by atoms with Crippen LogP contribution in [0.15, 0.2) is 17.5 Å². The van der Waals surface area contributed by atoms with E-state index >= 15 is 0 Å². The lowest BCUT2D eigenvalue weighted by Gasteiger charge is -1.94. The van der Waals surface area contributed by atoms with Gasteiger partial charge in [0.15, 0.2) is 0 Å². The Morgan fingerprint density at radius 3 is 3.07 bits per heavy atom. The summed E-state index contributed by atoms with van der Waals surface area (Å²) in [4.78, 5) is 10.4. The Morgan fingerprint density at radius 2 is 2.50 bits per heavy atom. The van der Waals surface area contributed by atoms with Crippen molar-refractivity contribution >= 4 is 17.7 Å². The minimum Gasteiger partial charge on any atom is -0.435 e. The van der Waals surface area contributed by atoms with Gasteiger partial charge in [0.25, 0.3) is 0 Å². The van der Waals surface area contributed by atoms with Crippen molar-refractivity contribution in [3.63, 3.8) is 0 Å². The molecule has 0 aliphatic rings. The average molecular weight is 214 g/mol. The van der Waals surface area contributed by atoms with E-state index in [2.05, 4.69) is 20.3 Å². The maximum Gasteiger partial charge on any atom is 0.307 e. The SMILES string of the molecule is CC(=O)OC=CCSc1nnnn1C. The summed E-state index contributed by atoms with van der Waals surface area (Å²) in [5.74, 6) is 0.327. The third kappa shape index (κ3) is 3.56. The molecule has 0 saturated carbocycles. The van der Waals surface area contributed by atoms with E-state index in [0.717, 1.165) is 5.16 Å². The Labute approximate surface area is 85.3 Å². The molecule has 14 heavy (non-hydrogen) atoms. The molecule has 0 N–H and O–H groups in total. The smallest absolute Gasteiger partial charge is 0.307 e. The highest BCUT2D eigenvalue weighted by atomic mass is 32.2. The van der Waals surface area contributed by atoms with E-state index in [1.165, 1.54) is 24.9 Å². The van der Waals surface area contributed by atoms with Gasteiger partial charge in [-0.3, -0.25) is 4.79 Å².